The summed E-state index contributed by atoms with van der Waals surface area (Å²) in [7, 11) is 0. The van der Waals surface area contributed by atoms with Gasteiger partial charge < -0.3 is 15.0 Å². The van der Waals surface area contributed by atoms with E-state index in [1.165, 1.54) is 17.2 Å². The predicted molar refractivity (Wildman–Crippen MR) is 54.8 cm³/mol. The summed E-state index contributed by atoms with van der Waals surface area (Å²) in [5.74, 6) is -0.209. The monoisotopic (exact) mass is 210 g/mol. The molecule has 82 valence electrons. The summed E-state index contributed by atoms with van der Waals surface area (Å²) in [6, 6.07) is 1.50. The number of aliphatic hydroxyl groups is 1. The fraction of sp³-hybridized carbons (Fsp3) is 0.400. The molecule has 0 aliphatic heterocycles. The van der Waals surface area contributed by atoms with Gasteiger partial charge in [0, 0.05) is 24.8 Å². The van der Waals surface area contributed by atoms with Crippen molar-refractivity contribution < 1.29 is 14.7 Å². The summed E-state index contributed by atoms with van der Waals surface area (Å²) in [6.45, 7) is 2.58. The lowest BCUT2D eigenvalue weighted by molar-refractivity contribution is 0.0727. The second-order valence-electron chi connectivity index (χ2n) is 3.07. The van der Waals surface area contributed by atoms with Crippen molar-refractivity contribution in [2.75, 3.05) is 19.7 Å². The predicted octanol–water partition coefficient (Wildman–Crippen LogP) is 0.282. The number of carbonyl (C=O) groups excluding carboxylic acids is 2. The highest BCUT2D eigenvalue weighted by molar-refractivity contribution is 5.94. The Morgan fingerprint density at radius 2 is 2.40 bits per heavy atom. The van der Waals surface area contributed by atoms with Crippen LogP contribution in [0, 0.1) is 0 Å². The Kier molecular flexibility index (Phi) is 4.05. The standard InChI is InChI=1S/C10H14N2O3/c1-2-12(3-4-13)10(15)9-5-8(7-14)6-11-9/h5-7,11,13H,2-4H2,1H3. The molecule has 15 heavy (non-hydrogen) atoms. The molecule has 0 aliphatic rings. The van der Waals surface area contributed by atoms with Crippen LogP contribution < -0.4 is 0 Å². The van der Waals surface area contributed by atoms with Crippen LogP contribution >= 0.6 is 0 Å². The van der Waals surface area contributed by atoms with Crippen molar-refractivity contribution in [3.05, 3.63) is 23.5 Å². The van der Waals surface area contributed by atoms with Gasteiger partial charge in [-0.1, -0.05) is 0 Å². The number of nitrogens with zero attached hydrogens (tertiary/aromatic N) is 1. The minimum atomic E-state index is -0.209. The number of aromatic amines is 1. The Bertz CT molecular complexity index is 346. The smallest absolute Gasteiger partial charge is 0.270 e. The van der Waals surface area contributed by atoms with Crippen LogP contribution in [0.15, 0.2) is 12.3 Å². The summed E-state index contributed by atoms with van der Waals surface area (Å²) >= 11 is 0. The van der Waals surface area contributed by atoms with Gasteiger partial charge in [0.15, 0.2) is 6.29 Å². The molecule has 2 N–H and O–H groups in total. The molecular weight excluding hydrogens is 196 g/mol. The molecule has 0 unspecified atom stereocenters. The van der Waals surface area contributed by atoms with E-state index < -0.39 is 0 Å². The van der Waals surface area contributed by atoms with Gasteiger partial charge in [-0.15, -0.1) is 0 Å². The Morgan fingerprint density at radius 1 is 1.67 bits per heavy atom. The van der Waals surface area contributed by atoms with Gasteiger partial charge in [-0.25, -0.2) is 0 Å². The number of rotatable bonds is 5. The fourth-order valence-electron chi connectivity index (χ4n) is 1.30. The van der Waals surface area contributed by atoms with E-state index in [1.807, 2.05) is 6.92 Å². The summed E-state index contributed by atoms with van der Waals surface area (Å²) in [5.41, 5.74) is 0.811. The number of amides is 1. The number of carbonyl (C=O) groups is 2. The van der Waals surface area contributed by atoms with Gasteiger partial charge in [-0.2, -0.15) is 0 Å². The molecule has 0 atom stereocenters. The average molecular weight is 210 g/mol. The van der Waals surface area contributed by atoms with E-state index in [1.54, 1.807) is 0 Å². The number of H-pyrrole nitrogens is 1. The molecule has 0 saturated carbocycles. The first-order valence-corrected chi connectivity index (χ1v) is 4.76. The highest BCUT2D eigenvalue weighted by atomic mass is 16.3. The Morgan fingerprint density at radius 3 is 2.87 bits per heavy atom. The van der Waals surface area contributed by atoms with Crippen molar-refractivity contribution in [2.45, 2.75) is 6.92 Å². The van der Waals surface area contributed by atoms with Gasteiger partial charge in [0.05, 0.1) is 6.61 Å². The summed E-state index contributed by atoms with van der Waals surface area (Å²) < 4.78 is 0. The van der Waals surface area contributed by atoms with Gasteiger partial charge >= 0.3 is 0 Å². The third-order valence-electron chi connectivity index (χ3n) is 2.11. The highest BCUT2D eigenvalue weighted by Crippen LogP contribution is 2.05. The molecule has 0 spiro atoms. The van der Waals surface area contributed by atoms with Crippen LogP contribution in [-0.2, 0) is 0 Å². The first kappa shape index (κ1) is 11.5. The van der Waals surface area contributed by atoms with Crippen LogP contribution in [0.25, 0.3) is 0 Å². The first-order chi connectivity index (χ1) is 7.22. The van der Waals surface area contributed by atoms with Crippen molar-refractivity contribution in [2.24, 2.45) is 0 Å². The molecule has 1 rings (SSSR count). The zero-order valence-corrected chi connectivity index (χ0v) is 8.56. The molecule has 5 heteroatoms. The van der Waals surface area contributed by atoms with Gasteiger partial charge in [-0.05, 0) is 13.0 Å². The van der Waals surface area contributed by atoms with Gasteiger partial charge in [0.2, 0.25) is 0 Å². The fourth-order valence-corrected chi connectivity index (χ4v) is 1.30. The van der Waals surface area contributed by atoms with Crippen molar-refractivity contribution in [1.82, 2.24) is 9.88 Å². The highest BCUT2D eigenvalue weighted by Gasteiger charge is 2.14. The van der Waals surface area contributed by atoms with Gasteiger partial charge in [-0.3, -0.25) is 9.59 Å². The quantitative estimate of drug-likeness (QED) is 0.686. The molecule has 0 bridgehead atoms. The Labute approximate surface area is 87.7 Å². The molecule has 0 aliphatic carbocycles. The topological polar surface area (TPSA) is 73.4 Å². The molecule has 1 aromatic heterocycles. The van der Waals surface area contributed by atoms with Crippen LogP contribution in [0.3, 0.4) is 0 Å². The lowest BCUT2D eigenvalue weighted by Crippen LogP contribution is -2.33. The lowest BCUT2D eigenvalue weighted by atomic mass is 10.3. The van der Waals surface area contributed by atoms with E-state index in [2.05, 4.69) is 4.98 Å². The summed E-state index contributed by atoms with van der Waals surface area (Å²) in [5, 5.41) is 8.75. The van der Waals surface area contributed by atoms with Crippen LogP contribution in [0.1, 0.15) is 27.8 Å². The van der Waals surface area contributed by atoms with Crippen LogP contribution in [-0.4, -0.2) is 46.9 Å². The number of hydrogen-bond acceptors (Lipinski definition) is 3. The molecule has 1 heterocycles. The second-order valence-corrected chi connectivity index (χ2v) is 3.07. The normalized spacial score (nSPS) is 10.0. The number of aldehydes is 1. The van der Waals surface area contributed by atoms with E-state index in [0.29, 0.717) is 30.6 Å². The third kappa shape index (κ3) is 2.66. The first-order valence-electron chi connectivity index (χ1n) is 4.76. The lowest BCUT2D eigenvalue weighted by Gasteiger charge is -2.18. The second kappa shape index (κ2) is 5.31. The molecule has 1 amide bonds. The van der Waals surface area contributed by atoms with E-state index in [-0.39, 0.29) is 12.5 Å². The minimum Gasteiger partial charge on any atom is -0.395 e. The average Bonchev–Trinajstić information content (AvgIpc) is 2.73. The number of hydrogen-bond donors (Lipinski definition) is 2. The zero-order chi connectivity index (χ0) is 11.3. The summed E-state index contributed by atoms with van der Waals surface area (Å²) in [6.07, 6.45) is 2.16. The molecular formula is C10H14N2O3. The minimum absolute atomic E-state index is 0.0686. The Balaban J connectivity index is 2.77. The summed E-state index contributed by atoms with van der Waals surface area (Å²) in [4.78, 5) is 26.4. The molecule has 5 nitrogen and oxygen atoms in total. The number of nitrogens with one attached hydrogen (secondary N) is 1. The van der Waals surface area contributed by atoms with E-state index in [9.17, 15) is 9.59 Å². The molecule has 1 aromatic rings. The molecule has 0 aromatic carbocycles. The molecule has 0 fully saturated rings. The SMILES string of the molecule is CCN(CCO)C(=O)c1cc(C=O)c[nH]1. The van der Waals surface area contributed by atoms with E-state index in [0.717, 1.165) is 0 Å². The molecule has 0 saturated heterocycles. The molecule has 0 radical (unpaired) electrons. The maximum absolute atomic E-state index is 11.8. The van der Waals surface area contributed by atoms with Gasteiger partial charge in [0.25, 0.3) is 5.91 Å². The number of aliphatic hydroxyl groups excluding tert-OH is 1. The van der Waals surface area contributed by atoms with Crippen molar-refractivity contribution in [3.8, 4) is 0 Å². The Hall–Kier alpha value is -1.62. The van der Waals surface area contributed by atoms with Crippen molar-refractivity contribution >= 4 is 12.2 Å². The van der Waals surface area contributed by atoms with Crippen LogP contribution in [0.4, 0.5) is 0 Å². The van der Waals surface area contributed by atoms with Crippen molar-refractivity contribution in [3.63, 3.8) is 0 Å². The maximum Gasteiger partial charge on any atom is 0.270 e. The van der Waals surface area contributed by atoms with Crippen molar-refractivity contribution in [1.29, 1.82) is 0 Å². The third-order valence-corrected chi connectivity index (χ3v) is 2.11. The number of aromatic nitrogens is 1. The largest absolute Gasteiger partial charge is 0.395 e. The zero-order valence-electron chi connectivity index (χ0n) is 8.56. The van der Waals surface area contributed by atoms with Crippen LogP contribution in [0.5, 0.6) is 0 Å². The van der Waals surface area contributed by atoms with Gasteiger partial charge in [0.1, 0.15) is 5.69 Å². The van der Waals surface area contributed by atoms with E-state index >= 15 is 0 Å². The maximum atomic E-state index is 11.8. The number of likely N-dealkylation sites (N-methyl/N-ethyl adjacent to an activating group) is 1. The van der Waals surface area contributed by atoms with Crippen LogP contribution in [0.2, 0.25) is 0 Å². The van der Waals surface area contributed by atoms with E-state index in [4.69, 9.17) is 5.11 Å².